The van der Waals surface area contributed by atoms with Crippen LogP contribution >= 0.6 is 23.1 Å². The largest absolute Gasteiger partial charge is 0.304 e. The van der Waals surface area contributed by atoms with Crippen molar-refractivity contribution < 1.29 is 13.2 Å². The van der Waals surface area contributed by atoms with Crippen molar-refractivity contribution in [2.45, 2.75) is 22.6 Å². The zero-order valence-electron chi connectivity index (χ0n) is 15.8. The molecule has 1 aliphatic rings. The van der Waals surface area contributed by atoms with Gasteiger partial charge in [-0.2, -0.15) is 4.31 Å². The molecule has 0 unspecified atom stereocenters. The minimum absolute atomic E-state index is 0.126. The third-order valence-electron chi connectivity index (χ3n) is 4.25. The first-order valence-corrected chi connectivity index (χ1v) is 12.2. The normalized spacial score (nSPS) is 16.2. The molecule has 28 heavy (non-hydrogen) atoms. The average Bonchev–Trinajstić information content (AvgIpc) is 3.14. The monoisotopic (exact) mass is 441 g/mol. The van der Waals surface area contributed by atoms with Crippen LogP contribution in [0, 0.1) is 0 Å². The molecule has 0 radical (unpaired) electrons. The fourth-order valence-electron chi connectivity index (χ4n) is 2.65. The molecule has 1 aliphatic heterocycles. The van der Waals surface area contributed by atoms with Crippen LogP contribution in [0.3, 0.4) is 0 Å². The van der Waals surface area contributed by atoms with E-state index in [4.69, 9.17) is 0 Å². The van der Waals surface area contributed by atoms with Crippen molar-refractivity contribution in [1.29, 1.82) is 0 Å². The predicted molar refractivity (Wildman–Crippen MR) is 112 cm³/mol. The molecule has 0 atom stereocenters. The number of nitrogens with one attached hydrogen (secondary N) is 1. The number of piperazine rings is 1. The van der Waals surface area contributed by atoms with E-state index >= 15 is 0 Å². The molecule has 1 amide bonds. The van der Waals surface area contributed by atoms with E-state index in [9.17, 15) is 13.2 Å². The number of rotatable bonds is 7. The zero-order valence-corrected chi connectivity index (χ0v) is 18.2. The SMILES string of the molecule is CCCSc1nnc(NC(=O)c2cccc(S(=O)(=O)N3CCN(C)CC3)c2)s1. The molecule has 8 nitrogen and oxygen atoms in total. The highest BCUT2D eigenvalue weighted by Crippen LogP contribution is 2.26. The first-order chi connectivity index (χ1) is 13.4. The van der Waals surface area contributed by atoms with Gasteiger partial charge in [0.15, 0.2) is 4.34 Å². The summed E-state index contributed by atoms with van der Waals surface area (Å²) in [6.07, 6.45) is 1.03. The molecule has 1 aromatic heterocycles. The number of hydrogen-bond acceptors (Lipinski definition) is 8. The Morgan fingerprint density at radius 1 is 1.25 bits per heavy atom. The summed E-state index contributed by atoms with van der Waals surface area (Å²) in [7, 11) is -1.66. The third-order valence-corrected chi connectivity index (χ3v) is 8.33. The van der Waals surface area contributed by atoms with Crippen molar-refractivity contribution in [1.82, 2.24) is 19.4 Å². The van der Waals surface area contributed by atoms with Gasteiger partial charge in [0.2, 0.25) is 15.2 Å². The molecule has 1 saturated heterocycles. The highest BCUT2D eigenvalue weighted by Gasteiger charge is 2.28. The van der Waals surface area contributed by atoms with Gasteiger partial charge >= 0.3 is 0 Å². The maximum Gasteiger partial charge on any atom is 0.257 e. The van der Waals surface area contributed by atoms with E-state index < -0.39 is 15.9 Å². The predicted octanol–water partition coefficient (Wildman–Crippen LogP) is 2.23. The number of nitrogens with zero attached hydrogens (tertiary/aromatic N) is 4. The second-order valence-electron chi connectivity index (χ2n) is 6.41. The fourth-order valence-corrected chi connectivity index (χ4v) is 5.79. The molecule has 0 aliphatic carbocycles. The number of hydrogen-bond donors (Lipinski definition) is 1. The van der Waals surface area contributed by atoms with E-state index in [0.29, 0.717) is 31.3 Å². The lowest BCUT2D eigenvalue weighted by atomic mass is 10.2. The summed E-state index contributed by atoms with van der Waals surface area (Å²) in [6, 6.07) is 6.11. The number of anilines is 1. The number of thioether (sulfide) groups is 1. The summed E-state index contributed by atoms with van der Waals surface area (Å²) in [6.45, 7) is 4.35. The second kappa shape index (κ2) is 9.31. The fraction of sp³-hybridized carbons (Fsp3) is 0.471. The maximum absolute atomic E-state index is 12.9. The smallest absolute Gasteiger partial charge is 0.257 e. The lowest BCUT2D eigenvalue weighted by molar-refractivity contribution is 0.102. The Bertz CT molecular complexity index is 924. The van der Waals surface area contributed by atoms with E-state index in [1.54, 1.807) is 23.9 Å². The molecule has 1 N–H and O–H groups in total. The molecule has 0 spiro atoms. The van der Waals surface area contributed by atoms with Gasteiger partial charge in [-0.1, -0.05) is 36.1 Å². The summed E-state index contributed by atoms with van der Waals surface area (Å²) >= 11 is 2.90. The summed E-state index contributed by atoms with van der Waals surface area (Å²) in [4.78, 5) is 14.8. The minimum Gasteiger partial charge on any atom is -0.304 e. The molecule has 1 aromatic carbocycles. The molecule has 2 heterocycles. The van der Waals surface area contributed by atoms with Crippen LogP contribution in [-0.4, -0.2) is 72.7 Å². The summed E-state index contributed by atoms with van der Waals surface area (Å²) in [5.74, 6) is 0.535. The first kappa shape index (κ1) is 21.2. The molecular weight excluding hydrogens is 418 g/mol. The van der Waals surface area contributed by atoms with Gasteiger partial charge in [-0.05, 0) is 31.7 Å². The highest BCUT2D eigenvalue weighted by atomic mass is 32.2. The first-order valence-electron chi connectivity index (χ1n) is 8.96. The van der Waals surface area contributed by atoms with Crippen LogP contribution in [0.15, 0.2) is 33.5 Å². The van der Waals surface area contributed by atoms with Gasteiger partial charge in [-0.25, -0.2) is 8.42 Å². The number of carbonyl (C=O) groups excluding carboxylic acids is 1. The molecule has 0 saturated carbocycles. The van der Waals surface area contributed by atoms with Gasteiger partial charge in [0.1, 0.15) is 0 Å². The van der Waals surface area contributed by atoms with Crippen LogP contribution in [0.5, 0.6) is 0 Å². The molecule has 3 rings (SSSR count). The number of carbonyl (C=O) groups is 1. The van der Waals surface area contributed by atoms with Crippen LogP contribution in [0.2, 0.25) is 0 Å². The van der Waals surface area contributed by atoms with Gasteiger partial charge < -0.3 is 4.90 Å². The van der Waals surface area contributed by atoms with Crippen molar-refractivity contribution >= 4 is 44.2 Å². The second-order valence-corrected chi connectivity index (χ2v) is 10.7. The molecular formula is C17H23N5O3S3. The van der Waals surface area contributed by atoms with Crippen LogP contribution in [0.25, 0.3) is 0 Å². The van der Waals surface area contributed by atoms with E-state index in [1.165, 1.54) is 27.8 Å². The van der Waals surface area contributed by atoms with Crippen LogP contribution in [-0.2, 0) is 10.0 Å². The summed E-state index contributed by atoms with van der Waals surface area (Å²) in [5, 5.41) is 11.1. The Morgan fingerprint density at radius 2 is 2.00 bits per heavy atom. The van der Waals surface area contributed by atoms with Crippen molar-refractivity contribution in [3.05, 3.63) is 29.8 Å². The van der Waals surface area contributed by atoms with Gasteiger partial charge in [0.05, 0.1) is 4.90 Å². The summed E-state index contributed by atoms with van der Waals surface area (Å²) in [5.41, 5.74) is 0.271. The quantitative estimate of drug-likeness (QED) is 0.520. The lowest BCUT2D eigenvalue weighted by Gasteiger charge is -2.31. The van der Waals surface area contributed by atoms with E-state index in [1.807, 2.05) is 7.05 Å². The van der Waals surface area contributed by atoms with E-state index in [2.05, 4.69) is 27.3 Å². The Balaban J connectivity index is 1.71. The van der Waals surface area contributed by atoms with Crippen molar-refractivity contribution in [2.24, 2.45) is 0 Å². The molecule has 11 heteroatoms. The topological polar surface area (TPSA) is 95.5 Å². The number of aromatic nitrogens is 2. The third kappa shape index (κ3) is 5.09. The standard InChI is InChI=1S/C17H23N5O3S3/c1-3-11-26-17-20-19-16(27-17)18-15(23)13-5-4-6-14(12-13)28(24,25)22-9-7-21(2)8-10-22/h4-6,12H,3,7-11H2,1-2H3,(H,18,19,23). The van der Waals surface area contributed by atoms with Gasteiger partial charge in [-0.15, -0.1) is 10.2 Å². The average molecular weight is 442 g/mol. The van der Waals surface area contributed by atoms with Crippen molar-refractivity contribution in [2.75, 3.05) is 44.3 Å². The Morgan fingerprint density at radius 3 is 2.71 bits per heavy atom. The highest BCUT2D eigenvalue weighted by molar-refractivity contribution is 8.01. The summed E-state index contributed by atoms with van der Waals surface area (Å²) < 4.78 is 28.0. The molecule has 152 valence electrons. The Hall–Kier alpha value is -1.53. The van der Waals surface area contributed by atoms with Crippen LogP contribution in [0.4, 0.5) is 5.13 Å². The Kier molecular flexibility index (Phi) is 7.05. The molecule has 0 bridgehead atoms. The maximum atomic E-state index is 12.9. The zero-order chi connectivity index (χ0) is 20.1. The van der Waals surface area contributed by atoms with Crippen molar-refractivity contribution in [3.63, 3.8) is 0 Å². The van der Waals surface area contributed by atoms with Gasteiger partial charge in [0, 0.05) is 37.5 Å². The number of amides is 1. The molecule has 2 aromatic rings. The lowest BCUT2D eigenvalue weighted by Crippen LogP contribution is -2.47. The van der Waals surface area contributed by atoms with Crippen LogP contribution < -0.4 is 5.32 Å². The van der Waals surface area contributed by atoms with Gasteiger partial charge in [-0.3, -0.25) is 10.1 Å². The van der Waals surface area contributed by atoms with Crippen molar-refractivity contribution in [3.8, 4) is 0 Å². The van der Waals surface area contributed by atoms with E-state index in [0.717, 1.165) is 16.5 Å². The van der Waals surface area contributed by atoms with E-state index in [-0.39, 0.29) is 10.5 Å². The number of benzene rings is 1. The van der Waals surface area contributed by atoms with Gasteiger partial charge in [0.25, 0.3) is 5.91 Å². The number of likely N-dealkylation sites (N-methyl/N-ethyl adjacent to an activating group) is 1. The Labute approximate surface area is 173 Å². The minimum atomic E-state index is -3.62. The number of sulfonamides is 1. The molecule has 1 fully saturated rings. The van der Waals surface area contributed by atoms with Crippen LogP contribution in [0.1, 0.15) is 23.7 Å².